The Morgan fingerprint density at radius 3 is 2.24 bits per heavy atom. The molecule has 1 saturated carbocycles. The van der Waals surface area contributed by atoms with Crippen LogP contribution in [-0.2, 0) is 4.74 Å². The Kier molecular flexibility index (Phi) is 5.98. The number of ether oxygens (including phenoxy) is 1. The molecule has 0 unspecified atom stereocenters. The molecular weight excluding hydrogens is 318 g/mol. The molecule has 0 amide bonds. The van der Waals surface area contributed by atoms with Crippen LogP contribution in [0.3, 0.4) is 0 Å². The number of allylic oxidation sites excluding steroid dienone is 1. The molecule has 1 fully saturated rings. The van der Waals surface area contributed by atoms with E-state index >= 15 is 0 Å². The van der Waals surface area contributed by atoms with E-state index in [-0.39, 0.29) is 0 Å². The van der Waals surface area contributed by atoms with Gasteiger partial charge in [0.25, 0.3) is 0 Å². The lowest BCUT2D eigenvalue weighted by molar-refractivity contribution is 0.233. The Hall–Kier alpha value is -2.00. The van der Waals surface area contributed by atoms with E-state index in [1.54, 1.807) is 13.2 Å². The van der Waals surface area contributed by atoms with Crippen LogP contribution in [0.15, 0.2) is 54.6 Å². The predicted octanol–water partition coefficient (Wildman–Crippen LogP) is 6.11. The summed E-state index contributed by atoms with van der Waals surface area (Å²) in [4.78, 5) is 0. The van der Waals surface area contributed by atoms with E-state index in [9.17, 15) is 8.78 Å². The smallest absolute Gasteiger partial charge is 0.159 e. The van der Waals surface area contributed by atoms with Gasteiger partial charge in [0.1, 0.15) is 0 Å². The Morgan fingerprint density at radius 2 is 1.60 bits per heavy atom. The first-order valence-corrected chi connectivity index (χ1v) is 8.88. The van der Waals surface area contributed by atoms with E-state index in [2.05, 4.69) is 24.3 Å². The molecule has 1 aliphatic rings. The second kappa shape index (κ2) is 8.39. The lowest BCUT2D eigenvalue weighted by atomic mass is 9.78. The third kappa shape index (κ3) is 4.55. The first-order valence-electron chi connectivity index (χ1n) is 8.88. The summed E-state index contributed by atoms with van der Waals surface area (Å²) in [6.07, 6.45) is 9.18. The van der Waals surface area contributed by atoms with Gasteiger partial charge in [0.2, 0.25) is 0 Å². The normalized spacial score (nSPS) is 20.9. The molecule has 0 atom stereocenters. The summed E-state index contributed by atoms with van der Waals surface area (Å²) in [7, 11) is 1.71. The maximum absolute atomic E-state index is 13.4. The van der Waals surface area contributed by atoms with Crippen LogP contribution in [0.1, 0.15) is 37.2 Å². The van der Waals surface area contributed by atoms with Gasteiger partial charge in [-0.05, 0) is 66.3 Å². The van der Waals surface area contributed by atoms with Gasteiger partial charge in [0, 0.05) is 7.11 Å². The van der Waals surface area contributed by atoms with Crippen LogP contribution in [0.25, 0.3) is 11.1 Å². The molecule has 2 aromatic carbocycles. The number of hydrogen-bond donors (Lipinski definition) is 0. The number of methoxy groups -OCH3 is 1. The van der Waals surface area contributed by atoms with Gasteiger partial charge in [-0.15, -0.1) is 0 Å². The number of hydrogen-bond acceptors (Lipinski definition) is 1. The average Bonchev–Trinajstić information content (AvgIpc) is 2.65. The molecule has 1 nitrogen and oxygen atoms in total. The number of benzene rings is 2. The minimum Gasteiger partial charge on any atom is -0.381 e. The van der Waals surface area contributed by atoms with Crippen molar-refractivity contribution in [3.63, 3.8) is 0 Å². The predicted molar refractivity (Wildman–Crippen MR) is 97.5 cm³/mol. The molecule has 25 heavy (non-hydrogen) atoms. The summed E-state index contributed by atoms with van der Waals surface area (Å²) < 4.78 is 31.5. The van der Waals surface area contributed by atoms with Gasteiger partial charge < -0.3 is 4.74 Å². The zero-order chi connectivity index (χ0) is 17.6. The highest BCUT2D eigenvalue weighted by molar-refractivity contribution is 5.63. The standard InChI is InChI=1S/C22H24F2O/c1-25-14-2-3-16-4-6-17(7-5-16)18-8-10-19(11-9-18)20-12-13-21(23)22(24)15-20/h2-3,8-13,15-17H,4-7,14H2,1H3/b3-2+/t16-,17-. The van der Waals surface area contributed by atoms with E-state index in [4.69, 9.17) is 4.74 Å². The summed E-state index contributed by atoms with van der Waals surface area (Å²) in [5.74, 6) is -0.364. The zero-order valence-corrected chi connectivity index (χ0v) is 14.6. The Labute approximate surface area is 148 Å². The lowest BCUT2D eigenvalue weighted by Gasteiger charge is -2.27. The molecule has 0 radical (unpaired) electrons. The van der Waals surface area contributed by atoms with Crippen molar-refractivity contribution in [2.75, 3.05) is 13.7 Å². The molecular formula is C22H24F2O. The highest BCUT2D eigenvalue weighted by Crippen LogP contribution is 2.37. The van der Waals surface area contributed by atoms with Crippen LogP contribution >= 0.6 is 0 Å². The molecule has 0 aliphatic heterocycles. The molecule has 3 heteroatoms. The highest BCUT2D eigenvalue weighted by Gasteiger charge is 2.20. The fourth-order valence-corrected chi connectivity index (χ4v) is 3.61. The van der Waals surface area contributed by atoms with Crippen LogP contribution in [0.2, 0.25) is 0 Å². The Morgan fingerprint density at radius 1 is 0.920 bits per heavy atom. The molecule has 3 rings (SSSR count). The summed E-state index contributed by atoms with van der Waals surface area (Å²) in [5, 5.41) is 0. The van der Waals surface area contributed by atoms with Gasteiger partial charge in [0.05, 0.1) is 6.61 Å². The van der Waals surface area contributed by atoms with Crippen molar-refractivity contribution in [2.45, 2.75) is 31.6 Å². The van der Waals surface area contributed by atoms with Crippen LogP contribution in [0, 0.1) is 17.6 Å². The fourth-order valence-electron chi connectivity index (χ4n) is 3.61. The van der Waals surface area contributed by atoms with E-state index in [0.717, 1.165) is 5.56 Å². The summed E-state index contributed by atoms with van der Waals surface area (Å²) in [5.41, 5.74) is 2.96. The van der Waals surface area contributed by atoms with Crippen molar-refractivity contribution in [3.05, 3.63) is 71.8 Å². The largest absolute Gasteiger partial charge is 0.381 e. The lowest BCUT2D eigenvalue weighted by Crippen LogP contribution is -2.11. The van der Waals surface area contributed by atoms with Crippen molar-refractivity contribution in [1.82, 2.24) is 0 Å². The maximum Gasteiger partial charge on any atom is 0.159 e. The van der Waals surface area contributed by atoms with E-state index in [1.807, 2.05) is 12.1 Å². The van der Waals surface area contributed by atoms with E-state index < -0.39 is 11.6 Å². The van der Waals surface area contributed by atoms with Crippen LogP contribution in [-0.4, -0.2) is 13.7 Å². The first-order chi connectivity index (χ1) is 12.2. The van der Waals surface area contributed by atoms with Crippen molar-refractivity contribution >= 4 is 0 Å². The average molecular weight is 342 g/mol. The topological polar surface area (TPSA) is 9.23 Å². The van der Waals surface area contributed by atoms with Gasteiger partial charge >= 0.3 is 0 Å². The molecule has 0 aromatic heterocycles. The van der Waals surface area contributed by atoms with Gasteiger partial charge in [-0.25, -0.2) is 8.78 Å². The molecule has 0 bridgehead atoms. The minimum atomic E-state index is -0.809. The quantitative estimate of drug-likeness (QED) is 0.596. The van der Waals surface area contributed by atoms with Gasteiger partial charge in [-0.3, -0.25) is 0 Å². The number of rotatable bonds is 5. The van der Waals surface area contributed by atoms with Crippen molar-refractivity contribution < 1.29 is 13.5 Å². The minimum absolute atomic E-state index is 0.589. The summed E-state index contributed by atoms with van der Waals surface area (Å²) in [6.45, 7) is 0.686. The van der Waals surface area contributed by atoms with Crippen molar-refractivity contribution in [2.24, 2.45) is 5.92 Å². The van der Waals surface area contributed by atoms with Gasteiger partial charge in [-0.2, -0.15) is 0 Å². The summed E-state index contributed by atoms with van der Waals surface area (Å²) in [6, 6.07) is 12.3. The molecule has 132 valence electrons. The molecule has 0 saturated heterocycles. The second-order valence-electron chi connectivity index (χ2n) is 6.75. The van der Waals surface area contributed by atoms with Crippen LogP contribution in [0.4, 0.5) is 8.78 Å². The zero-order valence-electron chi connectivity index (χ0n) is 14.6. The molecule has 0 heterocycles. The Bertz CT molecular complexity index is 713. The third-order valence-corrected chi connectivity index (χ3v) is 5.08. The van der Waals surface area contributed by atoms with E-state index in [0.29, 0.717) is 24.0 Å². The van der Waals surface area contributed by atoms with Crippen molar-refractivity contribution in [1.29, 1.82) is 0 Å². The molecule has 2 aromatic rings. The molecule has 0 N–H and O–H groups in total. The number of halogens is 2. The highest BCUT2D eigenvalue weighted by atomic mass is 19.2. The second-order valence-corrected chi connectivity index (χ2v) is 6.75. The first kappa shape index (κ1) is 17.8. The molecule has 0 spiro atoms. The van der Waals surface area contributed by atoms with E-state index in [1.165, 1.54) is 43.4 Å². The third-order valence-electron chi connectivity index (χ3n) is 5.08. The summed E-state index contributed by atoms with van der Waals surface area (Å²) >= 11 is 0. The SMILES string of the molecule is COC/C=C/[C@H]1CC[C@H](c2ccc(-c3ccc(F)c(F)c3)cc2)CC1. The maximum atomic E-state index is 13.4. The van der Waals surface area contributed by atoms with Gasteiger partial charge in [-0.1, -0.05) is 42.5 Å². The van der Waals surface area contributed by atoms with Crippen LogP contribution in [0.5, 0.6) is 0 Å². The van der Waals surface area contributed by atoms with Gasteiger partial charge in [0.15, 0.2) is 11.6 Å². The fraction of sp³-hybridized carbons (Fsp3) is 0.364. The Balaban J connectivity index is 1.62. The van der Waals surface area contributed by atoms with Crippen LogP contribution < -0.4 is 0 Å². The molecule has 1 aliphatic carbocycles. The van der Waals surface area contributed by atoms with Crippen molar-refractivity contribution in [3.8, 4) is 11.1 Å². The monoisotopic (exact) mass is 342 g/mol.